The van der Waals surface area contributed by atoms with Crippen molar-refractivity contribution in [2.24, 2.45) is 0 Å². The highest BCUT2D eigenvalue weighted by atomic mass is 35.5. The van der Waals surface area contributed by atoms with Gasteiger partial charge in [0.2, 0.25) is 0 Å². The minimum atomic E-state index is -0.0848. The molecule has 1 aliphatic rings. The van der Waals surface area contributed by atoms with E-state index in [0.717, 1.165) is 19.6 Å². The fourth-order valence-corrected chi connectivity index (χ4v) is 3.04. The summed E-state index contributed by atoms with van der Waals surface area (Å²) in [5, 5.41) is 4.16. The summed E-state index contributed by atoms with van der Waals surface area (Å²) in [5.41, 5.74) is 0.989. The lowest BCUT2D eigenvalue weighted by Crippen LogP contribution is -2.48. The first-order valence-corrected chi connectivity index (χ1v) is 8.88. The van der Waals surface area contributed by atoms with Gasteiger partial charge in [-0.25, -0.2) is 9.97 Å². The standard InChI is InChI=1S/C17H19Cl2N5O/c1-2-23-5-7-24(8-6-23)17(25)15-10-16(21-11-20-15)22-14-9-12(18)3-4-13(14)19/h3-4,9-11H,2,5-8H2,1H3,(H,20,21,22). The molecule has 0 bridgehead atoms. The van der Waals surface area contributed by atoms with E-state index < -0.39 is 0 Å². The fourth-order valence-electron chi connectivity index (χ4n) is 2.70. The molecule has 1 N–H and O–H groups in total. The van der Waals surface area contributed by atoms with Crippen LogP contribution in [0, 0.1) is 0 Å². The van der Waals surface area contributed by atoms with E-state index in [1.54, 1.807) is 24.3 Å². The molecule has 0 atom stereocenters. The molecule has 25 heavy (non-hydrogen) atoms. The molecule has 0 spiro atoms. The largest absolute Gasteiger partial charge is 0.339 e. The topological polar surface area (TPSA) is 61.4 Å². The number of piperazine rings is 1. The number of benzene rings is 1. The Hall–Kier alpha value is -1.89. The number of anilines is 2. The average molecular weight is 380 g/mol. The second kappa shape index (κ2) is 7.99. The van der Waals surface area contributed by atoms with Gasteiger partial charge < -0.3 is 15.1 Å². The van der Waals surface area contributed by atoms with E-state index in [9.17, 15) is 4.79 Å². The van der Waals surface area contributed by atoms with Gasteiger partial charge in [0.1, 0.15) is 17.8 Å². The van der Waals surface area contributed by atoms with Crippen molar-refractivity contribution in [3.05, 3.63) is 46.3 Å². The predicted molar refractivity (Wildman–Crippen MR) is 99.8 cm³/mol. The summed E-state index contributed by atoms with van der Waals surface area (Å²) in [4.78, 5) is 25.1. The van der Waals surface area contributed by atoms with Crippen LogP contribution in [0.1, 0.15) is 17.4 Å². The van der Waals surface area contributed by atoms with Crippen LogP contribution in [0.3, 0.4) is 0 Å². The smallest absolute Gasteiger partial charge is 0.272 e. The highest BCUT2D eigenvalue weighted by Gasteiger charge is 2.22. The minimum Gasteiger partial charge on any atom is -0.339 e. The van der Waals surface area contributed by atoms with Crippen molar-refractivity contribution in [3.63, 3.8) is 0 Å². The van der Waals surface area contributed by atoms with Crippen LogP contribution in [0.15, 0.2) is 30.6 Å². The Morgan fingerprint density at radius 2 is 1.92 bits per heavy atom. The summed E-state index contributed by atoms with van der Waals surface area (Å²) in [7, 11) is 0. The monoisotopic (exact) mass is 379 g/mol. The van der Waals surface area contributed by atoms with Gasteiger partial charge in [-0.15, -0.1) is 0 Å². The van der Waals surface area contributed by atoms with E-state index in [-0.39, 0.29) is 5.91 Å². The summed E-state index contributed by atoms with van der Waals surface area (Å²) < 4.78 is 0. The van der Waals surface area contributed by atoms with E-state index in [1.807, 2.05) is 4.90 Å². The molecule has 1 aliphatic heterocycles. The number of rotatable bonds is 4. The summed E-state index contributed by atoms with van der Waals surface area (Å²) in [6.45, 7) is 6.32. The van der Waals surface area contributed by atoms with Crippen molar-refractivity contribution in [1.29, 1.82) is 0 Å². The number of carbonyl (C=O) groups is 1. The zero-order chi connectivity index (χ0) is 17.8. The molecule has 0 aliphatic carbocycles. The Balaban J connectivity index is 1.73. The lowest BCUT2D eigenvalue weighted by Gasteiger charge is -2.33. The fraction of sp³-hybridized carbons (Fsp3) is 0.353. The molecule has 6 nitrogen and oxygen atoms in total. The van der Waals surface area contributed by atoms with Crippen molar-refractivity contribution in [2.75, 3.05) is 38.0 Å². The third-order valence-electron chi connectivity index (χ3n) is 4.18. The third kappa shape index (κ3) is 4.39. The molecule has 1 aromatic carbocycles. The maximum absolute atomic E-state index is 12.7. The van der Waals surface area contributed by atoms with Crippen molar-refractivity contribution >= 4 is 40.6 Å². The van der Waals surface area contributed by atoms with Gasteiger partial charge in [-0.3, -0.25) is 4.79 Å². The minimum absolute atomic E-state index is 0.0848. The predicted octanol–water partition coefficient (Wildman–Crippen LogP) is 3.30. The highest BCUT2D eigenvalue weighted by molar-refractivity contribution is 6.35. The van der Waals surface area contributed by atoms with Crippen molar-refractivity contribution in [1.82, 2.24) is 19.8 Å². The van der Waals surface area contributed by atoms with Crippen LogP contribution in [0.2, 0.25) is 10.0 Å². The second-order valence-corrected chi connectivity index (χ2v) is 6.61. The molecule has 2 aromatic rings. The number of hydrogen-bond donors (Lipinski definition) is 1. The lowest BCUT2D eigenvalue weighted by molar-refractivity contribution is 0.0637. The first-order valence-electron chi connectivity index (χ1n) is 8.12. The Labute approximate surface area is 156 Å². The number of hydrogen-bond acceptors (Lipinski definition) is 5. The van der Waals surface area contributed by atoms with Crippen LogP contribution in [0.4, 0.5) is 11.5 Å². The van der Waals surface area contributed by atoms with E-state index in [2.05, 4.69) is 27.1 Å². The molecule has 2 heterocycles. The number of carbonyl (C=O) groups excluding carboxylic acids is 1. The molecule has 1 saturated heterocycles. The molecule has 1 amide bonds. The van der Waals surface area contributed by atoms with Crippen LogP contribution < -0.4 is 5.32 Å². The van der Waals surface area contributed by atoms with Crippen LogP contribution >= 0.6 is 23.2 Å². The number of nitrogens with zero attached hydrogens (tertiary/aromatic N) is 4. The molecule has 132 valence electrons. The van der Waals surface area contributed by atoms with Crippen molar-refractivity contribution < 1.29 is 4.79 Å². The maximum atomic E-state index is 12.7. The highest BCUT2D eigenvalue weighted by Crippen LogP contribution is 2.27. The number of aromatic nitrogens is 2. The number of amides is 1. The molecule has 3 rings (SSSR count). The summed E-state index contributed by atoms with van der Waals surface area (Å²) in [6.07, 6.45) is 1.37. The molecule has 0 saturated carbocycles. The first-order chi connectivity index (χ1) is 12.1. The molecule has 1 aromatic heterocycles. The number of likely N-dealkylation sites (N-methyl/N-ethyl adjacent to an activating group) is 1. The molecular formula is C17H19Cl2N5O. The van der Waals surface area contributed by atoms with Gasteiger partial charge in [0, 0.05) is 37.3 Å². The van der Waals surface area contributed by atoms with E-state index in [4.69, 9.17) is 23.2 Å². The Bertz CT molecular complexity index is 762. The van der Waals surface area contributed by atoms with Gasteiger partial charge in [-0.1, -0.05) is 30.1 Å². The molecule has 1 fully saturated rings. The second-order valence-electron chi connectivity index (χ2n) is 5.76. The summed E-state index contributed by atoms with van der Waals surface area (Å²) in [6, 6.07) is 6.75. The van der Waals surface area contributed by atoms with Gasteiger partial charge in [-0.2, -0.15) is 0 Å². The zero-order valence-electron chi connectivity index (χ0n) is 13.9. The Kier molecular flexibility index (Phi) is 5.73. The number of halogens is 2. The van der Waals surface area contributed by atoms with Gasteiger partial charge in [0.25, 0.3) is 5.91 Å². The van der Waals surface area contributed by atoms with Crippen molar-refractivity contribution in [3.8, 4) is 0 Å². The summed E-state index contributed by atoms with van der Waals surface area (Å²) in [5.74, 6) is 0.410. The van der Waals surface area contributed by atoms with Crippen LogP contribution in [-0.2, 0) is 0 Å². The third-order valence-corrected chi connectivity index (χ3v) is 4.75. The molecule has 0 radical (unpaired) electrons. The van der Waals surface area contributed by atoms with E-state index >= 15 is 0 Å². The number of nitrogens with one attached hydrogen (secondary N) is 1. The average Bonchev–Trinajstić information content (AvgIpc) is 2.64. The van der Waals surface area contributed by atoms with Crippen LogP contribution in [0.5, 0.6) is 0 Å². The van der Waals surface area contributed by atoms with Crippen LogP contribution in [-0.4, -0.2) is 58.4 Å². The molecule has 8 heteroatoms. The van der Waals surface area contributed by atoms with Gasteiger partial charge in [-0.05, 0) is 24.7 Å². The lowest BCUT2D eigenvalue weighted by atomic mass is 10.2. The van der Waals surface area contributed by atoms with E-state index in [0.29, 0.717) is 40.3 Å². The Morgan fingerprint density at radius 1 is 1.16 bits per heavy atom. The van der Waals surface area contributed by atoms with Crippen LogP contribution in [0.25, 0.3) is 0 Å². The van der Waals surface area contributed by atoms with Crippen molar-refractivity contribution in [2.45, 2.75) is 6.92 Å². The zero-order valence-corrected chi connectivity index (χ0v) is 15.4. The summed E-state index contributed by atoms with van der Waals surface area (Å²) >= 11 is 12.1. The molecule has 0 unspecified atom stereocenters. The SMILES string of the molecule is CCN1CCN(C(=O)c2cc(Nc3cc(Cl)ccc3Cl)ncn2)CC1. The van der Waals surface area contributed by atoms with E-state index in [1.165, 1.54) is 6.33 Å². The van der Waals surface area contributed by atoms with Gasteiger partial charge >= 0.3 is 0 Å². The van der Waals surface area contributed by atoms with Gasteiger partial charge in [0.05, 0.1) is 10.7 Å². The van der Waals surface area contributed by atoms with Gasteiger partial charge in [0.15, 0.2) is 0 Å². The normalized spacial score (nSPS) is 15.2. The quantitative estimate of drug-likeness (QED) is 0.882. The molecular weight excluding hydrogens is 361 g/mol. The Morgan fingerprint density at radius 3 is 2.64 bits per heavy atom. The first kappa shape index (κ1) is 17.9. The maximum Gasteiger partial charge on any atom is 0.272 e.